The maximum absolute atomic E-state index is 8.67. The Bertz CT molecular complexity index is 73.7. The van der Waals surface area contributed by atoms with E-state index in [1.807, 2.05) is 0 Å². The number of rotatable bonds is 0. The average Bonchev–Trinajstić information content (AvgIpc) is 1.25. The summed E-state index contributed by atoms with van der Waals surface area (Å²) in [7, 11) is 0. The van der Waals surface area contributed by atoms with Crippen LogP contribution in [0.5, 0.6) is 0 Å². The van der Waals surface area contributed by atoms with E-state index < -0.39 is 22.7 Å². The number of hydrogen-bond acceptors (Lipinski definition) is 4. The fraction of sp³-hybridized carbons (Fsp3) is 0. The van der Waals surface area contributed by atoms with E-state index in [1.165, 1.54) is 0 Å². The van der Waals surface area contributed by atoms with Crippen LogP contribution in [0.1, 0.15) is 0 Å². The van der Waals surface area contributed by atoms with Crippen molar-refractivity contribution in [2.45, 2.75) is 0 Å². The normalized spacial score (nSPS) is 7.00. The first-order valence-electron chi connectivity index (χ1n) is 1.03. The van der Waals surface area contributed by atoms with E-state index in [-0.39, 0.29) is 80.9 Å². The van der Waals surface area contributed by atoms with E-state index in [1.54, 1.807) is 0 Å². The molecular formula is H2KNaO6S2. The first-order chi connectivity index (χ1) is 3.46. The van der Waals surface area contributed by atoms with E-state index in [4.69, 9.17) is 26.6 Å². The summed E-state index contributed by atoms with van der Waals surface area (Å²) >= 11 is -5.72. The van der Waals surface area contributed by atoms with Gasteiger partial charge in [0.2, 0.25) is 0 Å². The van der Waals surface area contributed by atoms with Crippen LogP contribution < -0.4 is 80.9 Å². The summed E-state index contributed by atoms with van der Waals surface area (Å²) in [5.41, 5.74) is 0. The Morgan fingerprint density at radius 2 is 1.10 bits per heavy atom. The predicted molar refractivity (Wildman–Crippen MR) is 23.1 cm³/mol. The van der Waals surface area contributed by atoms with Gasteiger partial charge >= 0.3 is 80.9 Å². The van der Waals surface area contributed by atoms with Crippen LogP contribution in [0.15, 0.2) is 0 Å². The van der Waals surface area contributed by atoms with Gasteiger partial charge in [0.05, 0.1) is 0 Å². The molecule has 0 amide bonds. The Kier molecular flexibility index (Phi) is 40.8. The van der Waals surface area contributed by atoms with Gasteiger partial charge < -0.3 is 9.11 Å². The molecule has 0 unspecified atom stereocenters. The molecular weight excluding hydrogens is 222 g/mol. The summed E-state index contributed by atoms with van der Waals surface area (Å²) in [6.45, 7) is 0. The molecule has 52 valence electrons. The van der Waals surface area contributed by atoms with Gasteiger partial charge in [0.1, 0.15) is 0 Å². The predicted octanol–water partition coefficient (Wildman–Crippen LogP) is -7.31. The van der Waals surface area contributed by atoms with Crippen LogP contribution in [-0.4, -0.2) is 26.6 Å². The second kappa shape index (κ2) is 17.8. The molecule has 0 spiro atoms. The van der Waals surface area contributed by atoms with Crippen molar-refractivity contribution in [2.75, 3.05) is 0 Å². The minimum Gasteiger partial charge on any atom is -0.784 e. The molecule has 0 atom stereocenters. The van der Waals surface area contributed by atoms with E-state index in [0.717, 1.165) is 0 Å². The fourth-order valence-electron chi connectivity index (χ4n) is 0. The zero-order chi connectivity index (χ0) is 7.15. The summed E-state index contributed by atoms with van der Waals surface area (Å²) < 4.78 is 48.2. The molecule has 0 heterocycles. The molecule has 10 heteroatoms. The summed E-state index contributed by atoms with van der Waals surface area (Å²) in [4.78, 5) is 0. The van der Waals surface area contributed by atoms with Crippen molar-refractivity contribution in [3.05, 3.63) is 0 Å². The zero-order valence-corrected chi connectivity index (χ0v) is 12.1. The minimum atomic E-state index is -3.11. The van der Waals surface area contributed by atoms with Crippen molar-refractivity contribution in [1.82, 2.24) is 0 Å². The van der Waals surface area contributed by atoms with Crippen molar-refractivity contribution in [1.29, 1.82) is 0 Å². The van der Waals surface area contributed by atoms with Crippen molar-refractivity contribution in [3.63, 3.8) is 0 Å². The third kappa shape index (κ3) is 134. The van der Waals surface area contributed by atoms with Crippen molar-refractivity contribution in [2.24, 2.45) is 0 Å². The van der Waals surface area contributed by atoms with E-state index in [9.17, 15) is 0 Å². The quantitative estimate of drug-likeness (QED) is 0.311. The zero-order valence-electron chi connectivity index (χ0n) is 5.34. The van der Waals surface area contributed by atoms with Crippen molar-refractivity contribution >= 4 is 22.7 Å². The Balaban J connectivity index is -0.0000000300. The van der Waals surface area contributed by atoms with Crippen LogP contribution in [0.4, 0.5) is 0 Å². The third-order valence-corrected chi connectivity index (χ3v) is 0. The molecule has 0 radical (unpaired) electrons. The molecule has 0 rings (SSSR count). The van der Waals surface area contributed by atoms with Crippen LogP contribution in [0, 0.1) is 0 Å². The molecule has 6 nitrogen and oxygen atoms in total. The molecule has 10 heavy (non-hydrogen) atoms. The molecule has 0 fully saturated rings. The van der Waals surface area contributed by atoms with Gasteiger partial charge in [0.25, 0.3) is 11.4 Å². The molecule has 0 aliphatic rings. The SMILES string of the molecule is O=S(O)O.O=S([O-])[O-].[K+].[Na+]. The molecule has 0 bridgehead atoms. The molecule has 0 aromatic carbocycles. The number of hydrogen-bond donors (Lipinski definition) is 2. The van der Waals surface area contributed by atoms with Crippen molar-refractivity contribution < 1.29 is 108 Å². The summed E-state index contributed by atoms with van der Waals surface area (Å²) in [6.07, 6.45) is 0. The molecule has 0 aliphatic heterocycles. The van der Waals surface area contributed by atoms with Crippen LogP contribution in [-0.2, 0) is 22.7 Å². The van der Waals surface area contributed by atoms with Gasteiger partial charge in [0.15, 0.2) is 0 Å². The smallest absolute Gasteiger partial charge is 0.784 e. The molecule has 0 aromatic rings. The summed E-state index contributed by atoms with van der Waals surface area (Å²) in [6, 6.07) is 0. The maximum atomic E-state index is 8.67. The van der Waals surface area contributed by atoms with Crippen molar-refractivity contribution in [3.8, 4) is 0 Å². The molecule has 0 saturated carbocycles. The maximum Gasteiger partial charge on any atom is 1.00 e. The fourth-order valence-corrected chi connectivity index (χ4v) is 0. The van der Waals surface area contributed by atoms with Gasteiger partial charge in [0, 0.05) is 0 Å². The monoisotopic (exact) mass is 224 g/mol. The van der Waals surface area contributed by atoms with Gasteiger partial charge in [-0.1, -0.05) is 0 Å². The van der Waals surface area contributed by atoms with Gasteiger partial charge in [-0.2, -0.15) is 4.21 Å². The van der Waals surface area contributed by atoms with Gasteiger partial charge in [-0.25, -0.2) is 0 Å². The topological polar surface area (TPSA) is 121 Å². The van der Waals surface area contributed by atoms with Crippen LogP contribution in [0.3, 0.4) is 0 Å². The van der Waals surface area contributed by atoms with E-state index in [0.29, 0.717) is 0 Å². The summed E-state index contributed by atoms with van der Waals surface area (Å²) in [5.74, 6) is 0. The van der Waals surface area contributed by atoms with Gasteiger partial charge in [-0.3, -0.25) is 13.3 Å². The van der Waals surface area contributed by atoms with E-state index >= 15 is 0 Å². The van der Waals surface area contributed by atoms with Gasteiger partial charge in [-0.05, 0) is 0 Å². The molecule has 2 N–H and O–H groups in total. The molecule has 0 aromatic heterocycles. The molecule has 0 aliphatic carbocycles. The van der Waals surface area contributed by atoms with Gasteiger partial charge in [-0.15, -0.1) is 11.4 Å². The minimum absolute atomic E-state index is 0. The second-order valence-corrected chi connectivity index (χ2v) is 1.30. The Labute approximate surface area is 127 Å². The second-order valence-electron chi connectivity index (χ2n) is 0.435. The first kappa shape index (κ1) is 23.0. The third-order valence-electron chi connectivity index (χ3n) is 0. The average molecular weight is 224 g/mol. The first-order valence-corrected chi connectivity index (χ1v) is 3.10. The molecule has 0 saturated heterocycles. The van der Waals surface area contributed by atoms with Crippen LogP contribution >= 0.6 is 0 Å². The van der Waals surface area contributed by atoms with E-state index in [2.05, 4.69) is 0 Å². The standard InChI is InChI=1S/K.Na.2H2O3S/c;;2*1-4(2)3/h;;2*(H2,1,2,3)/q2*+1;;/p-2. The Hall–Kier alpha value is 2.78. The Morgan fingerprint density at radius 1 is 1.10 bits per heavy atom. The Morgan fingerprint density at radius 3 is 1.10 bits per heavy atom. The largest absolute Gasteiger partial charge is 1.00 e. The van der Waals surface area contributed by atoms with Crippen LogP contribution in [0.2, 0.25) is 0 Å². The summed E-state index contributed by atoms with van der Waals surface area (Å²) in [5, 5.41) is 0. The van der Waals surface area contributed by atoms with Crippen LogP contribution in [0.25, 0.3) is 0 Å².